The lowest BCUT2D eigenvalue weighted by Gasteiger charge is -2.05. The van der Waals surface area contributed by atoms with Gasteiger partial charge in [-0.3, -0.25) is 9.59 Å². The fourth-order valence-corrected chi connectivity index (χ4v) is 2.89. The van der Waals surface area contributed by atoms with Gasteiger partial charge in [-0.25, -0.2) is 4.39 Å². The minimum Gasteiger partial charge on any atom is -0.450 e. The molecule has 3 aromatic rings. The number of carbonyl (C=O) groups excluding carboxylic acids is 2. The van der Waals surface area contributed by atoms with Crippen molar-refractivity contribution < 1.29 is 18.4 Å². The number of ketones is 1. The zero-order valence-electron chi connectivity index (χ0n) is 13.5. The fraction of sp³-hybridized carbons (Fsp3) is 0.158. The first-order valence-electron chi connectivity index (χ1n) is 7.79. The second-order valence-electron chi connectivity index (χ2n) is 5.32. The van der Waals surface area contributed by atoms with E-state index in [9.17, 15) is 14.0 Å². The van der Waals surface area contributed by atoms with E-state index in [1.165, 1.54) is 36.0 Å². The van der Waals surface area contributed by atoms with Crippen LogP contribution >= 0.6 is 11.8 Å². The Morgan fingerprint density at radius 2 is 1.84 bits per heavy atom. The van der Waals surface area contributed by atoms with Crippen LogP contribution in [-0.4, -0.2) is 23.2 Å². The van der Waals surface area contributed by atoms with Gasteiger partial charge >= 0.3 is 0 Å². The maximum atomic E-state index is 13.1. The Labute approximate surface area is 148 Å². The molecule has 0 atom stereocenters. The predicted octanol–water partition coefficient (Wildman–Crippen LogP) is 4.49. The van der Waals surface area contributed by atoms with Gasteiger partial charge in [0.05, 0.1) is 11.4 Å². The number of para-hydroxylation sites is 1. The first kappa shape index (κ1) is 17.2. The Hall–Kier alpha value is -2.60. The van der Waals surface area contributed by atoms with Crippen molar-refractivity contribution in [2.24, 2.45) is 0 Å². The van der Waals surface area contributed by atoms with Crippen LogP contribution in [0.5, 0.6) is 0 Å². The highest BCUT2D eigenvalue weighted by atomic mass is 32.2. The highest BCUT2D eigenvalue weighted by Crippen LogP contribution is 2.32. The van der Waals surface area contributed by atoms with Gasteiger partial charge in [0.15, 0.2) is 5.76 Å². The van der Waals surface area contributed by atoms with Crippen LogP contribution in [-0.2, 0) is 4.79 Å². The summed E-state index contributed by atoms with van der Waals surface area (Å²) in [5.41, 5.74) is 1.15. The van der Waals surface area contributed by atoms with Crippen LogP contribution in [0.25, 0.3) is 11.0 Å². The Morgan fingerprint density at radius 1 is 1.12 bits per heavy atom. The van der Waals surface area contributed by atoms with E-state index in [1.807, 2.05) is 6.92 Å². The van der Waals surface area contributed by atoms with Gasteiger partial charge in [-0.15, -0.1) is 0 Å². The van der Waals surface area contributed by atoms with E-state index in [0.717, 1.165) is 5.75 Å². The molecule has 0 saturated carbocycles. The quantitative estimate of drug-likeness (QED) is 0.660. The van der Waals surface area contributed by atoms with Gasteiger partial charge in [-0.1, -0.05) is 19.1 Å². The van der Waals surface area contributed by atoms with Gasteiger partial charge in [0.25, 0.3) is 0 Å². The Balaban J connectivity index is 2.01. The Morgan fingerprint density at radius 3 is 2.56 bits per heavy atom. The minimum absolute atomic E-state index is 0.0441. The van der Waals surface area contributed by atoms with Crippen molar-refractivity contribution >= 4 is 40.1 Å². The van der Waals surface area contributed by atoms with Crippen LogP contribution in [0.2, 0.25) is 0 Å². The fourth-order valence-electron chi connectivity index (χ4n) is 2.43. The lowest BCUT2D eigenvalue weighted by atomic mass is 10.1. The van der Waals surface area contributed by atoms with Crippen molar-refractivity contribution in [2.75, 3.05) is 16.8 Å². The molecule has 25 heavy (non-hydrogen) atoms. The number of hydrogen-bond acceptors (Lipinski definition) is 4. The molecule has 0 aliphatic heterocycles. The number of nitrogens with one attached hydrogen (secondary N) is 1. The molecule has 0 bridgehead atoms. The molecule has 0 fully saturated rings. The topological polar surface area (TPSA) is 59.3 Å². The first-order chi connectivity index (χ1) is 12.1. The molecule has 2 aromatic carbocycles. The molecule has 1 N–H and O–H groups in total. The molecule has 128 valence electrons. The van der Waals surface area contributed by atoms with Crippen molar-refractivity contribution in [2.45, 2.75) is 6.92 Å². The zero-order valence-corrected chi connectivity index (χ0v) is 14.4. The number of amides is 1. The normalized spacial score (nSPS) is 10.8. The van der Waals surface area contributed by atoms with Crippen LogP contribution in [0.1, 0.15) is 23.0 Å². The Bertz CT molecular complexity index is 918. The maximum absolute atomic E-state index is 13.1. The van der Waals surface area contributed by atoms with E-state index < -0.39 is 11.6 Å². The molecule has 0 unspecified atom stereocenters. The van der Waals surface area contributed by atoms with E-state index >= 15 is 0 Å². The van der Waals surface area contributed by atoms with Crippen molar-refractivity contribution in [1.82, 2.24) is 0 Å². The molecule has 1 aromatic heterocycles. The van der Waals surface area contributed by atoms with Gasteiger partial charge in [-0.05, 0) is 42.2 Å². The zero-order chi connectivity index (χ0) is 17.8. The molecule has 6 heteroatoms. The smallest absolute Gasteiger partial charge is 0.234 e. The number of furan rings is 1. The number of rotatable bonds is 6. The summed E-state index contributed by atoms with van der Waals surface area (Å²) < 4.78 is 18.8. The van der Waals surface area contributed by atoms with E-state index in [2.05, 4.69) is 5.32 Å². The lowest BCUT2D eigenvalue weighted by molar-refractivity contribution is -0.113. The van der Waals surface area contributed by atoms with Crippen LogP contribution in [0.15, 0.2) is 52.9 Å². The number of carbonyl (C=O) groups is 2. The number of fused-ring (bicyclic) bond motifs is 1. The largest absolute Gasteiger partial charge is 0.450 e. The van der Waals surface area contributed by atoms with Gasteiger partial charge in [-0.2, -0.15) is 11.8 Å². The van der Waals surface area contributed by atoms with E-state index in [-0.39, 0.29) is 11.7 Å². The minimum atomic E-state index is -0.425. The number of benzene rings is 2. The van der Waals surface area contributed by atoms with E-state index in [1.54, 1.807) is 24.3 Å². The highest BCUT2D eigenvalue weighted by Gasteiger charge is 2.23. The molecule has 0 spiro atoms. The van der Waals surface area contributed by atoms with Crippen molar-refractivity contribution in [3.8, 4) is 0 Å². The second-order valence-corrected chi connectivity index (χ2v) is 6.60. The van der Waals surface area contributed by atoms with Crippen LogP contribution in [0, 0.1) is 5.82 Å². The van der Waals surface area contributed by atoms with Gasteiger partial charge in [0, 0.05) is 10.9 Å². The Kier molecular flexibility index (Phi) is 5.19. The number of thioether (sulfide) groups is 1. The summed E-state index contributed by atoms with van der Waals surface area (Å²) in [6.07, 6.45) is 0. The van der Waals surface area contributed by atoms with Gasteiger partial charge in [0.2, 0.25) is 11.7 Å². The number of hydrogen-bond donors (Lipinski definition) is 1. The van der Waals surface area contributed by atoms with Crippen molar-refractivity contribution in [3.63, 3.8) is 0 Å². The molecule has 4 nitrogen and oxygen atoms in total. The van der Waals surface area contributed by atoms with Gasteiger partial charge < -0.3 is 9.73 Å². The summed E-state index contributed by atoms with van der Waals surface area (Å²) in [4.78, 5) is 24.9. The molecule has 0 aliphatic rings. The molecule has 1 amide bonds. The number of halogens is 1. The van der Waals surface area contributed by atoms with Crippen LogP contribution in [0.4, 0.5) is 10.1 Å². The van der Waals surface area contributed by atoms with Crippen LogP contribution in [0.3, 0.4) is 0 Å². The SMILES string of the molecule is CCSCC(=O)Nc1c(C(=O)c2ccc(F)cc2)oc2ccccc12. The van der Waals surface area contributed by atoms with Crippen molar-refractivity contribution in [3.05, 3.63) is 65.7 Å². The molecule has 1 heterocycles. The van der Waals surface area contributed by atoms with Crippen LogP contribution < -0.4 is 5.32 Å². The predicted molar refractivity (Wildman–Crippen MR) is 97.7 cm³/mol. The van der Waals surface area contributed by atoms with E-state index in [4.69, 9.17) is 4.42 Å². The summed E-state index contributed by atoms with van der Waals surface area (Å²) in [6, 6.07) is 12.3. The molecule has 0 aliphatic carbocycles. The van der Waals surface area contributed by atoms with Gasteiger partial charge in [0.1, 0.15) is 11.4 Å². The summed E-state index contributed by atoms with van der Waals surface area (Å²) in [5.74, 6) is 0.122. The third kappa shape index (κ3) is 3.74. The first-order valence-corrected chi connectivity index (χ1v) is 8.95. The van der Waals surface area contributed by atoms with E-state index in [0.29, 0.717) is 28.0 Å². The summed E-state index contributed by atoms with van der Waals surface area (Å²) in [7, 11) is 0. The summed E-state index contributed by atoms with van der Waals surface area (Å²) >= 11 is 1.49. The third-order valence-electron chi connectivity index (χ3n) is 3.61. The molecule has 3 rings (SSSR count). The third-order valence-corrected chi connectivity index (χ3v) is 4.48. The second kappa shape index (κ2) is 7.53. The molecule has 0 radical (unpaired) electrons. The average molecular weight is 357 g/mol. The summed E-state index contributed by atoms with van der Waals surface area (Å²) in [6.45, 7) is 1.97. The standard InChI is InChI=1S/C19H16FNO3S/c1-2-25-11-16(22)21-17-14-5-3-4-6-15(14)24-19(17)18(23)12-7-9-13(20)10-8-12/h3-10H,2,11H2,1H3,(H,21,22). The maximum Gasteiger partial charge on any atom is 0.234 e. The monoisotopic (exact) mass is 357 g/mol. The molecular weight excluding hydrogens is 341 g/mol. The molecular formula is C19H16FNO3S. The summed E-state index contributed by atoms with van der Waals surface area (Å²) in [5, 5.41) is 3.44. The van der Waals surface area contributed by atoms with Crippen molar-refractivity contribution in [1.29, 1.82) is 0 Å². The highest BCUT2D eigenvalue weighted by molar-refractivity contribution is 7.99. The molecule has 0 saturated heterocycles. The lowest BCUT2D eigenvalue weighted by Crippen LogP contribution is -2.16. The number of anilines is 1. The average Bonchev–Trinajstić information content (AvgIpc) is 2.98.